The van der Waals surface area contributed by atoms with Gasteiger partial charge in [0.1, 0.15) is 5.82 Å². The van der Waals surface area contributed by atoms with Crippen LogP contribution in [0.2, 0.25) is 0 Å². The minimum Gasteiger partial charge on any atom is -0.301 e. The number of nitrogens with zero attached hydrogens (tertiary/aromatic N) is 6. The van der Waals surface area contributed by atoms with Crippen LogP contribution in [0.15, 0.2) is 24.3 Å². The molecule has 0 saturated carbocycles. The maximum Gasteiger partial charge on any atom is 0.171 e. The summed E-state index contributed by atoms with van der Waals surface area (Å²) in [5.41, 5.74) is 1.89. The van der Waals surface area contributed by atoms with E-state index in [9.17, 15) is 0 Å². The van der Waals surface area contributed by atoms with Gasteiger partial charge in [-0.2, -0.15) is 0 Å². The maximum absolute atomic E-state index is 4.71. The Morgan fingerprint density at radius 3 is 2.52 bits per heavy atom. The number of aromatic nitrogens is 4. The fourth-order valence-corrected chi connectivity index (χ4v) is 3.38. The molecule has 0 aliphatic carbocycles. The highest BCUT2D eigenvalue weighted by Crippen LogP contribution is 2.19. The molecule has 6 heteroatoms. The van der Waals surface area contributed by atoms with Crippen LogP contribution in [0.3, 0.4) is 0 Å². The van der Waals surface area contributed by atoms with Gasteiger partial charge in [-0.1, -0.05) is 19.1 Å². The SMILES string of the molecule is CCN1CCN(Cc2nnc3c4ccccc4nc(C)n23)CC1. The highest BCUT2D eigenvalue weighted by Gasteiger charge is 2.19. The summed E-state index contributed by atoms with van der Waals surface area (Å²) in [6.07, 6.45) is 0. The van der Waals surface area contributed by atoms with Gasteiger partial charge in [0.05, 0.1) is 12.1 Å². The molecule has 0 radical (unpaired) electrons. The predicted octanol–water partition coefficient (Wildman–Crippen LogP) is 1.72. The van der Waals surface area contributed by atoms with Gasteiger partial charge in [-0.05, 0) is 25.6 Å². The number of fused-ring (bicyclic) bond motifs is 3. The molecule has 3 heterocycles. The number of hydrogen-bond donors (Lipinski definition) is 0. The van der Waals surface area contributed by atoms with Crippen LogP contribution in [0.5, 0.6) is 0 Å². The molecule has 3 aromatic rings. The van der Waals surface area contributed by atoms with E-state index in [1.807, 2.05) is 25.1 Å². The van der Waals surface area contributed by atoms with Crippen LogP contribution in [0.1, 0.15) is 18.6 Å². The van der Waals surface area contributed by atoms with Crippen LogP contribution in [-0.4, -0.2) is 62.1 Å². The summed E-state index contributed by atoms with van der Waals surface area (Å²) in [7, 11) is 0. The zero-order chi connectivity index (χ0) is 15.8. The first kappa shape index (κ1) is 14.5. The summed E-state index contributed by atoms with van der Waals surface area (Å²) in [4.78, 5) is 9.65. The Hall–Kier alpha value is -2.05. The van der Waals surface area contributed by atoms with Gasteiger partial charge in [0.15, 0.2) is 11.5 Å². The molecular formula is C17H22N6. The molecule has 0 bridgehead atoms. The average Bonchev–Trinajstić information content (AvgIpc) is 3.00. The minimum atomic E-state index is 0.833. The number of hydrogen-bond acceptors (Lipinski definition) is 5. The van der Waals surface area contributed by atoms with Crippen LogP contribution in [0.4, 0.5) is 0 Å². The molecule has 2 aromatic heterocycles. The van der Waals surface area contributed by atoms with Gasteiger partial charge in [0, 0.05) is 31.6 Å². The lowest BCUT2D eigenvalue weighted by atomic mass is 10.2. The second kappa shape index (κ2) is 5.86. The molecule has 0 spiro atoms. The first-order chi connectivity index (χ1) is 11.3. The highest BCUT2D eigenvalue weighted by molar-refractivity contribution is 5.91. The molecule has 0 atom stereocenters. The second-order valence-electron chi connectivity index (χ2n) is 6.16. The van der Waals surface area contributed by atoms with Crippen LogP contribution in [0, 0.1) is 6.92 Å². The van der Waals surface area contributed by atoms with Crippen molar-refractivity contribution in [2.24, 2.45) is 0 Å². The van der Waals surface area contributed by atoms with E-state index >= 15 is 0 Å². The predicted molar refractivity (Wildman–Crippen MR) is 90.4 cm³/mol. The zero-order valence-corrected chi connectivity index (χ0v) is 13.7. The lowest BCUT2D eigenvalue weighted by Crippen LogP contribution is -2.45. The Kier molecular flexibility index (Phi) is 3.71. The number of piperazine rings is 1. The van der Waals surface area contributed by atoms with Gasteiger partial charge in [-0.25, -0.2) is 4.98 Å². The topological polar surface area (TPSA) is 49.6 Å². The summed E-state index contributed by atoms with van der Waals surface area (Å²) in [6.45, 7) is 10.7. The van der Waals surface area contributed by atoms with Crippen molar-refractivity contribution in [2.75, 3.05) is 32.7 Å². The second-order valence-corrected chi connectivity index (χ2v) is 6.16. The molecule has 120 valence electrons. The maximum atomic E-state index is 4.71. The average molecular weight is 310 g/mol. The van der Waals surface area contributed by atoms with Crippen molar-refractivity contribution >= 4 is 16.6 Å². The smallest absolute Gasteiger partial charge is 0.171 e. The van der Waals surface area contributed by atoms with Crippen LogP contribution in [-0.2, 0) is 6.54 Å². The monoisotopic (exact) mass is 310 g/mol. The quantitative estimate of drug-likeness (QED) is 0.737. The molecule has 6 nitrogen and oxygen atoms in total. The number of likely N-dealkylation sites (N-methyl/N-ethyl adjacent to an activating group) is 1. The molecule has 23 heavy (non-hydrogen) atoms. The fraction of sp³-hybridized carbons (Fsp3) is 0.471. The first-order valence-corrected chi connectivity index (χ1v) is 8.30. The van der Waals surface area contributed by atoms with Crippen molar-refractivity contribution in [1.82, 2.24) is 29.4 Å². The zero-order valence-electron chi connectivity index (χ0n) is 13.7. The van der Waals surface area contributed by atoms with Gasteiger partial charge in [-0.15, -0.1) is 10.2 Å². The van der Waals surface area contributed by atoms with E-state index in [2.05, 4.69) is 37.4 Å². The lowest BCUT2D eigenvalue weighted by molar-refractivity contribution is 0.129. The van der Waals surface area contributed by atoms with Crippen LogP contribution < -0.4 is 0 Å². The third kappa shape index (κ3) is 2.58. The number of aryl methyl sites for hydroxylation is 1. The van der Waals surface area contributed by atoms with E-state index < -0.39 is 0 Å². The van der Waals surface area contributed by atoms with E-state index in [4.69, 9.17) is 4.98 Å². The first-order valence-electron chi connectivity index (χ1n) is 8.30. The van der Waals surface area contributed by atoms with Gasteiger partial charge in [0.25, 0.3) is 0 Å². The van der Waals surface area contributed by atoms with Gasteiger partial charge in [-0.3, -0.25) is 9.30 Å². The third-order valence-corrected chi connectivity index (χ3v) is 4.76. The molecule has 1 aliphatic rings. The molecule has 1 aromatic carbocycles. The summed E-state index contributed by atoms with van der Waals surface area (Å²) in [5.74, 6) is 1.94. The van der Waals surface area contributed by atoms with E-state index in [1.165, 1.54) is 0 Å². The van der Waals surface area contributed by atoms with E-state index in [-0.39, 0.29) is 0 Å². The standard InChI is InChI=1S/C17H22N6/c1-3-21-8-10-22(11-9-21)12-16-19-20-17-14-6-4-5-7-15(14)18-13(2)23(16)17/h4-7H,3,8-12H2,1-2H3. The Morgan fingerprint density at radius 1 is 1.00 bits per heavy atom. The largest absolute Gasteiger partial charge is 0.301 e. The van der Waals surface area contributed by atoms with Crippen molar-refractivity contribution in [1.29, 1.82) is 0 Å². The third-order valence-electron chi connectivity index (χ3n) is 4.76. The van der Waals surface area contributed by atoms with Crippen LogP contribution >= 0.6 is 0 Å². The van der Waals surface area contributed by atoms with Gasteiger partial charge < -0.3 is 4.90 Å². The Bertz CT molecular complexity index is 832. The summed E-state index contributed by atoms with van der Waals surface area (Å²) in [6, 6.07) is 8.13. The van der Waals surface area contributed by atoms with Crippen molar-refractivity contribution < 1.29 is 0 Å². The Morgan fingerprint density at radius 2 is 1.74 bits per heavy atom. The molecule has 4 rings (SSSR count). The van der Waals surface area contributed by atoms with Crippen molar-refractivity contribution in [3.05, 3.63) is 35.9 Å². The molecule has 0 unspecified atom stereocenters. The van der Waals surface area contributed by atoms with Crippen molar-refractivity contribution in [3.8, 4) is 0 Å². The summed E-state index contributed by atoms with van der Waals surface area (Å²) in [5, 5.41) is 9.96. The molecule has 1 fully saturated rings. The van der Waals surface area contributed by atoms with Crippen molar-refractivity contribution in [3.63, 3.8) is 0 Å². The highest BCUT2D eigenvalue weighted by atomic mass is 15.3. The molecule has 0 amide bonds. The summed E-state index contributed by atoms with van der Waals surface area (Å²) < 4.78 is 2.11. The Labute approximate surface area is 135 Å². The van der Waals surface area contributed by atoms with E-state index in [0.717, 1.165) is 67.5 Å². The van der Waals surface area contributed by atoms with E-state index in [1.54, 1.807) is 0 Å². The summed E-state index contributed by atoms with van der Waals surface area (Å²) >= 11 is 0. The van der Waals surface area contributed by atoms with Crippen molar-refractivity contribution in [2.45, 2.75) is 20.4 Å². The normalized spacial score (nSPS) is 17.3. The fourth-order valence-electron chi connectivity index (χ4n) is 3.38. The number of benzene rings is 1. The van der Waals surface area contributed by atoms with Crippen LogP contribution in [0.25, 0.3) is 16.6 Å². The minimum absolute atomic E-state index is 0.833. The van der Waals surface area contributed by atoms with Gasteiger partial charge >= 0.3 is 0 Å². The Balaban J connectivity index is 1.67. The van der Waals surface area contributed by atoms with E-state index in [0.29, 0.717) is 0 Å². The van der Waals surface area contributed by atoms with Gasteiger partial charge in [0.2, 0.25) is 0 Å². The molecule has 1 aliphatic heterocycles. The number of para-hydroxylation sites is 1. The molecular weight excluding hydrogens is 288 g/mol. The molecule has 0 N–H and O–H groups in total. The molecule has 1 saturated heterocycles. The lowest BCUT2D eigenvalue weighted by Gasteiger charge is -2.33. The number of rotatable bonds is 3.